The van der Waals surface area contributed by atoms with Crippen LogP contribution in [0, 0.1) is 6.92 Å². The summed E-state index contributed by atoms with van der Waals surface area (Å²) in [4.78, 5) is 18.2. The lowest BCUT2D eigenvalue weighted by Gasteiger charge is -2.01. The summed E-state index contributed by atoms with van der Waals surface area (Å²) in [5, 5.41) is 4.06. The fourth-order valence-corrected chi connectivity index (χ4v) is 1.66. The molecule has 0 aliphatic carbocycles. The molecule has 0 saturated heterocycles. The molecular formula is C14H16N4O. The minimum absolute atomic E-state index is 0.180. The molecule has 0 radical (unpaired) electrons. The van der Waals surface area contributed by atoms with Crippen LogP contribution in [0.3, 0.4) is 0 Å². The third-order valence-corrected chi connectivity index (χ3v) is 2.58. The standard InChI is InChI=1S/C14H16N4O/c1-3-12-8-13(19)17-14(16-12)18-15-9-11-6-4-5-10(2)7-11/h4-9H,3H2,1-2H3,(H2,16,17,18,19)/b15-9-. The van der Waals surface area contributed by atoms with Gasteiger partial charge in [-0.05, 0) is 18.9 Å². The molecule has 0 unspecified atom stereocenters. The number of nitrogens with one attached hydrogen (secondary N) is 2. The number of benzene rings is 1. The Labute approximate surface area is 111 Å². The molecule has 0 fully saturated rings. The van der Waals surface area contributed by atoms with Crippen molar-refractivity contribution in [3.63, 3.8) is 0 Å². The van der Waals surface area contributed by atoms with Crippen molar-refractivity contribution in [3.05, 3.63) is 57.5 Å². The highest BCUT2D eigenvalue weighted by Gasteiger charge is 1.97. The van der Waals surface area contributed by atoms with E-state index in [4.69, 9.17) is 0 Å². The number of aromatic amines is 1. The van der Waals surface area contributed by atoms with Crippen LogP contribution in [-0.4, -0.2) is 16.2 Å². The lowest BCUT2D eigenvalue weighted by Crippen LogP contribution is -2.11. The molecule has 2 aromatic rings. The zero-order chi connectivity index (χ0) is 13.7. The highest BCUT2D eigenvalue weighted by molar-refractivity contribution is 5.80. The largest absolute Gasteiger partial charge is 0.291 e. The molecule has 1 aromatic carbocycles. The van der Waals surface area contributed by atoms with Crippen molar-refractivity contribution >= 4 is 12.2 Å². The van der Waals surface area contributed by atoms with E-state index in [-0.39, 0.29) is 5.56 Å². The zero-order valence-electron chi connectivity index (χ0n) is 11.0. The number of hydrazone groups is 1. The molecule has 1 aromatic heterocycles. The quantitative estimate of drug-likeness (QED) is 0.650. The van der Waals surface area contributed by atoms with Gasteiger partial charge in [0.1, 0.15) is 0 Å². The minimum Gasteiger partial charge on any atom is -0.291 e. The van der Waals surface area contributed by atoms with Crippen LogP contribution in [0.15, 0.2) is 40.2 Å². The Bertz CT molecular complexity index is 646. The summed E-state index contributed by atoms with van der Waals surface area (Å²) in [6.07, 6.45) is 2.39. The Kier molecular flexibility index (Phi) is 4.07. The van der Waals surface area contributed by atoms with Gasteiger partial charge in [-0.2, -0.15) is 5.10 Å². The van der Waals surface area contributed by atoms with Gasteiger partial charge in [0.05, 0.1) is 6.21 Å². The minimum atomic E-state index is -0.180. The summed E-state index contributed by atoms with van der Waals surface area (Å²) in [5.74, 6) is 0.355. The van der Waals surface area contributed by atoms with Crippen molar-refractivity contribution in [2.24, 2.45) is 5.10 Å². The number of aryl methyl sites for hydroxylation is 2. The second-order valence-electron chi connectivity index (χ2n) is 4.22. The Morgan fingerprint density at radius 3 is 3.00 bits per heavy atom. The average molecular weight is 256 g/mol. The first-order chi connectivity index (χ1) is 9.17. The van der Waals surface area contributed by atoms with E-state index >= 15 is 0 Å². The van der Waals surface area contributed by atoms with Crippen LogP contribution in [0.2, 0.25) is 0 Å². The van der Waals surface area contributed by atoms with E-state index in [0.717, 1.165) is 11.3 Å². The van der Waals surface area contributed by atoms with Gasteiger partial charge in [-0.15, -0.1) is 0 Å². The first-order valence-corrected chi connectivity index (χ1v) is 6.13. The van der Waals surface area contributed by atoms with Crippen molar-refractivity contribution in [1.82, 2.24) is 9.97 Å². The smallest absolute Gasteiger partial charge is 0.252 e. The van der Waals surface area contributed by atoms with Crippen LogP contribution in [0.25, 0.3) is 0 Å². The van der Waals surface area contributed by atoms with E-state index in [1.54, 1.807) is 6.21 Å². The van der Waals surface area contributed by atoms with Gasteiger partial charge in [0.2, 0.25) is 5.95 Å². The SMILES string of the molecule is CCc1cc(=O)[nH]c(N/N=C\c2cccc(C)c2)n1. The number of hydrogen-bond acceptors (Lipinski definition) is 4. The molecule has 0 bridgehead atoms. The van der Waals surface area contributed by atoms with Gasteiger partial charge in [0.25, 0.3) is 5.56 Å². The van der Waals surface area contributed by atoms with Crippen molar-refractivity contribution < 1.29 is 0 Å². The van der Waals surface area contributed by atoms with Crippen molar-refractivity contribution in [2.75, 3.05) is 5.43 Å². The van der Waals surface area contributed by atoms with Gasteiger partial charge in [0, 0.05) is 11.8 Å². The topological polar surface area (TPSA) is 70.1 Å². The van der Waals surface area contributed by atoms with Crippen LogP contribution < -0.4 is 11.0 Å². The van der Waals surface area contributed by atoms with Crippen LogP contribution in [0.1, 0.15) is 23.7 Å². The number of aromatic nitrogens is 2. The molecule has 5 nitrogen and oxygen atoms in total. The Morgan fingerprint density at radius 2 is 2.26 bits per heavy atom. The average Bonchev–Trinajstić information content (AvgIpc) is 2.38. The molecule has 19 heavy (non-hydrogen) atoms. The third-order valence-electron chi connectivity index (χ3n) is 2.58. The van der Waals surface area contributed by atoms with Crippen LogP contribution in [0.5, 0.6) is 0 Å². The Hall–Kier alpha value is -2.43. The van der Waals surface area contributed by atoms with Crippen LogP contribution in [-0.2, 0) is 6.42 Å². The van der Waals surface area contributed by atoms with Crippen molar-refractivity contribution in [2.45, 2.75) is 20.3 Å². The molecule has 2 rings (SSSR count). The summed E-state index contributed by atoms with van der Waals surface area (Å²) in [6.45, 7) is 3.97. The highest BCUT2D eigenvalue weighted by Crippen LogP contribution is 2.02. The lowest BCUT2D eigenvalue weighted by molar-refractivity contribution is 0.974. The van der Waals surface area contributed by atoms with Crippen molar-refractivity contribution in [1.29, 1.82) is 0 Å². The molecule has 0 saturated carbocycles. The highest BCUT2D eigenvalue weighted by atomic mass is 16.1. The summed E-state index contributed by atoms with van der Waals surface area (Å²) in [7, 11) is 0. The Balaban J connectivity index is 2.10. The van der Waals surface area contributed by atoms with Crippen LogP contribution >= 0.6 is 0 Å². The van der Waals surface area contributed by atoms with Crippen LogP contribution in [0.4, 0.5) is 5.95 Å². The number of hydrogen-bond donors (Lipinski definition) is 2. The number of anilines is 1. The third kappa shape index (κ3) is 3.77. The van der Waals surface area contributed by atoms with E-state index in [9.17, 15) is 4.79 Å². The first kappa shape index (κ1) is 13.0. The van der Waals surface area contributed by atoms with Crippen molar-refractivity contribution in [3.8, 4) is 0 Å². The van der Waals surface area contributed by atoms with Gasteiger partial charge >= 0.3 is 0 Å². The molecule has 0 amide bonds. The maximum absolute atomic E-state index is 11.4. The molecule has 2 N–H and O–H groups in total. The van der Waals surface area contributed by atoms with Gasteiger partial charge in [-0.3, -0.25) is 9.78 Å². The first-order valence-electron chi connectivity index (χ1n) is 6.13. The van der Waals surface area contributed by atoms with E-state index in [0.29, 0.717) is 12.4 Å². The van der Waals surface area contributed by atoms with Gasteiger partial charge < -0.3 is 0 Å². The molecular weight excluding hydrogens is 240 g/mol. The maximum atomic E-state index is 11.4. The molecule has 0 aliphatic rings. The molecule has 5 heteroatoms. The molecule has 98 valence electrons. The summed E-state index contributed by atoms with van der Waals surface area (Å²) in [6, 6.07) is 9.44. The number of H-pyrrole nitrogens is 1. The Morgan fingerprint density at radius 1 is 1.42 bits per heavy atom. The van der Waals surface area contributed by atoms with Gasteiger partial charge in [-0.1, -0.05) is 36.8 Å². The number of nitrogens with zero attached hydrogens (tertiary/aromatic N) is 2. The molecule has 0 aliphatic heterocycles. The monoisotopic (exact) mass is 256 g/mol. The van der Waals surface area contributed by atoms with E-state index in [1.807, 2.05) is 38.1 Å². The number of rotatable bonds is 4. The summed E-state index contributed by atoms with van der Waals surface area (Å²) >= 11 is 0. The normalized spacial score (nSPS) is 10.8. The van der Waals surface area contributed by atoms with E-state index in [1.165, 1.54) is 11.6 Å². The fraction of sp³-hybridized carbons (Fsp3) is 0.214. The predicted molar refractivity (Wildman–Crippen MR) is 76.6 cm³/mol. The molecule has 0 atom stereocenters. The fourth-order valence-electron chi connectivity index (χ4n) is 1.66. The van der Waals surface area contributed by atoms with Gasteiger partial charge in [-0.25, -0.2) is 10.4 Å². The summed E-state index contributed by atoms with van der Waals surface area (Å²) in [5.41, 5.74) is 5.44. The molecule has 0 spiro atoms. The lowest BCUT2D eigenvalue weighted by atomic mass is 10.2. The maximum Gasteiger partial charge on any atom is 0.252 e. The second-order valence-corrected chi connectivity index (χ2v) is 4.22. The van der Waals surface area contributed by atoms with E-state index in [2.05, 4.69) is 20.5 Å². The van der Waals surface area contributed by atoms with Gasteiger partial charge in [0.15, 0.2) is 0 Å². The molecule has 1 heterocycles. The summed E-state index contributed by atoms with van der Waals surface area (Å²) < 4.78 is 0. The van der Waals surface area contributed by atoms with E-state index < -0.39 is 0 Å². The zero-order valence-corrected chi connectivity index (χ0v) is 11.0. The predicted octanol–water partition coefficient (Wildman–Crippen LogP) is 2.09. The second kappa shape index (κ2) is 5.95.